The Morgan fingerprint density at radius 3 is 2.09 bits per heavy atom. The summed E-state index contributed by atoms with van der Waals surface area (Å²) in [4.78, 5) is 116. The number of hydrogen-bond donors (Lipinski definition) is 9. The van der Waals surface area contributed by atoms with Crippen molar-refractivity contribution in [3.8, 4) is 0 Å². The standard InChI is InChI=1S/C45H67N11O9/c1-5-28(3)37-42(62)56(6-2)34(23-22-29-16-9-7-10-17-29)41(61)55(4)35(27-36(46)57)40(60)51-33(26-30-18-11-8-12-19-30)38(58)49-24-14-13-20-31(39(59)54-37)52-45(65)53-32(43(63)64)21-15-25-50-44(47)48/h7-12,16-19,28,31-35,37H,5-6,13-15,20-27H2,1-4H3,(H2,46,57)(H,49,58)(H,51,60)(H,54,59)(H,63,64)(H4,47,48,50)(H2,52,53,65). The van der Waals surface area contributed by atoms with E-state index in [0.29, 0.717) is 24.8 Å². The normalized spacial score (nSPS) is 21.5. The average molecular weight is 906 g/mol. The summed E-state index contributed by atoms with van der Waals surface area (Å²) in [6.45, 7) is 5.47. The number of carboxylic acid groups (broad SMARTS) is 1. The van der Waals surface area contributed by atoms with Gasteiger partial charge in [0.1, 0.15) is 36.3 Å². The summed E-state index contributed by atoms with van der Waals surface area (Å²) in [5.74, 6) is -6.24. The molecule has 7 atom stereocenters. The molecule has 1 aliphatic rings. The highest BCUT2D eigenvalue weighted by Crippen LogP contribution is 2.20. The van der Waals surface area contributed by atoms with Crippen LogP contribution < -0.4 is 43.8 Å². The summed E-state index contributed by atoms with van der Waals surface area (Å²) >= 11 is 0. The van der Waals surface area contributed by atoms with Crippen molar-refractivity contribution in [3.05, 3.63) is 71.8 Å². The maximum Gasteiger partial charge on any atom is 0.326 e. The van der Waals surface area contributed by atoms with Crippen LogP contribution in [0, 0.1) is 5.92 Å². The van der Waals surface area contributed by atoms with Gasteiger partial charge in [0.2, 0.25) is 35.4 Å². The Hall–Kier alpha value is -6.73. The number of benzene rings is 2. The molecule has 20 nitrogen and oxygen atoms in total. The fourth-order valence-electron chi connectivity index (χ4n) is 7.51. The predicted molar refractivity (Wildman–Crippen MR) is 243 cm³/mol. The lowest BCUT2D eigenvalue weighted by molar-refractivity contribution is -0.151. The lowest BCUT2D eigenvalue weighted by Crippen LogP contribution is -2.62. The largest absolute Gasteiger partial charge is 0.480 e. The van der Waals surface area contributed by atoms with Crippen LogP contribution in [0.15, 0.2) is 65.7 Å². The monoisotopic (exact) mass is 906 g/mol. The molecule has 1 saturated heterocycles. The van der Waals surface area contributed by atoms with Gasteiger partial charge in [-0.15, -0.1) is 0 Å². The second-order valence-electron chi connectivity index (χ2n) is 16.2. The number of likely N-dealkylation sites (N-methyl/N-ethyl adjacent to an activating group) is 2. The van der Waals surface area contributed by atoms with Crippen LogP contribution in [0.5, 0.6) is 0 Å². The van der Waals surface area contributed by atoms with Crippen LogP contribution in [0.3, 0.4) is 0 Å². The fraction of sp³-hybridized carbons (Fsp3) is 0.533. The van der Waals surface area contributed by atoms with Gasteiger partial charge in [0.25, 0.3) is 0 Å². The molecule has 20 heteroatoms. The molecule has 0 radical (unpaired) electrons. The van der Waals surface area contributed by atoms with E-state index in [1.165, 1.54) is 11.9 Å². The average Bonchev–Trinajstić information content (AvgIpc) is 3.28. The molecule has 12 N–H and O–H groups in total. The highest BCUT2D eigenvalue weighted by molar-refractivity contribution is 5.98. The van der Waals surface area contributed by atoms with E-state index in [2.05, 4.69) is 31.6 Å². The highest BCUT2D eigenvalue weighted by atomic mass is 16.4. The molecule has 2 aromatic carbocycles. The molecule has 0 aromatic heterocycles. The first-order chi connectivity index (χ1) is 31.0. The molecule has 1 aliphatic heterocycles. The molecular weight excluding hydrogens is 839 g/mol. The van der Waals surface area contributed by atoms with Crippen LogP contribution in [-0.2, 0) is 46.4 Å². The minimum Gasteiger partial charge on any atom is -0.480 e. The highest BCUT2D eigenvalue weighted by Gasteiger charge is 2.41. The van der Waals surface area contributed by atoms with Crippen LogP contribution in [-0.4, -0.2) is 131 Å². The number of urea groups is 1. The van der Waals surface area contributed by atoms with E-state index in [1.807, 2.05) is 37.3 Å². The predicted octanol–water partition coefficient (Wildman–Crippen LogP) is 0.272. The number of rotatable bonds is 17. The van der Waals surface area contributed by atoms with E-state index >= 15 is 0 Å². The van der Waals surface area contributed by atoms with Crippen molar-refractivity contribution >= 4 is 53.4 Å². The van der Waals surface area contributed by atoms with Crippen LogP contribution in [0.25, 0.3) is 0 Å². The SMILES string of the molecule is CCC(C)C1NC(=O)C(NC(=O)NC(CCCN=C(N)N)C(=O)O)CCCCNC(=O)C(Cc2ccccc2)NC(=O)C(CC(N)=O)N(C)C(=O)C(CCc2ccccc2)N(CC)C1=O. The molecule has 1 fully saturated rings. The number of carbonyl (C=O) groups excluding carboxylic acids is 7. The fourth-order valence-corrected chi connectivity index (χ4v) is 7.51. The van der Waals surface area contributed by atoms with Gasteiger partial charge in [-0.3, -0.25) is 33.8 Å². The number of aliphatic carboxylic acids is 1. The number of carboxylic acids is 1. The molecule has 0 bridgehead atoms. The van der Waals surface area contributed by atoms with Crippen molar-refractivity contribution in [2.24, 2.45) is 28.1 Å². The maximum absolute atomic E-state index is 14.9. The number of carbonyl (C=O) groups is 8. The van der Waals surface area contributed by atoms with Crippen LogP contribution >= 0.6 is 0 Å². The van der Waals surface area contributed by atoms with E-state index in [0.717, 1.165) is 10.5 Å². The second-order valence-corrected chi connectivity index (χ2v) is 16.2. The Kier molecular flexibility index (Phi) is 21.7. The van der Waals surface area contributed by atoms with Gasteiger partial charge in [-0.05, 0) is 68.9 Å². The summed E-state index contributed by atoms with van der Waals surface area (Å²) in [6.07, 6.45) is 1.07. The lowest BCUT2D eigenvalue weighted by atomic mass is 9.95. The third-order valence-electron chi connectivity index (χ3n) is 11.4. The Balaban J connectivity index is 2.11. The van der Waals surface area contributed by atoms with E-state index < -0.39 is 96.0 Å². The molecule has 0 spiro atoms. The Morgan fingerprint density at radius 1 is 0.862 bits per heavy atom. The van der Waals surface area contributed by atoms with Crippen molar-refractivity contribution in [3.63, 3.8) is 0 Å². The zero-order valence-corrected chi connectivity index (χ0v) is 37.8. The van der Waals surface area contributed by atoms with Crippen molar-refractivity contribution < 1.29 is 43.5 Å². The number of nitrogens with zero attached hydrogens (tertiary/aromatic N) is 3. The van der Waals surface area contributed by atoms with Gasteiger partial charge in [-0.2, -0.15) is 0 Å². The molecule has 8 amide bonds. The number of hydrogen-bond acceptors (Lipinski definition) is 9. The number of aryl methyl sites for hydroxylation is 1. The number of amides is 8. The van der Waals surface area contributed by atoms with Gasteiger partial charge in [0.05, 0.1) is 6.42 Å². The van der Waals surface area contributed by atoms with Crippen molar-refractivity contribution in [1.29, 1.82) is 0 Å². The second kappa shape index (κ2) is 26.8. The van der Waals surface area contributed by atoms with Crippen molar-refractivity contribution in [1.82, 2.24) is 36.4 Å². The zero-order chi connectivity index (χ0) is 48.1. The lowest BCUT2D eigenvalue weighted by Gasteiger charge is -2.38. The van der Waals surface area contributed by atoms with Gasteiger partial charge in [-0.1, -0.05) is 80.9 Å². The minimum atomic E-state index is -1.47. The Bertz CT molecular complexity index is 1950. The first kappa shape index (κ1) is 52.6. The molecule has 356 valence electrons. The molecule has 0 aliphatic carbocycles. The van der Waals surface area contributed by atoms with Crippen LogP contribution in [0.1, 0.15) is 83.3 Å². The van der Waals surface area contributed by atoms with E-state index in [9.17, 15) is 43.5 Å². The Labute approximate surface area is 380 Å². The van der Waals surface area contributed by atoms with E-state index in [4.69, 9.17) is 17.2 Å². The number of aliphatic imine (C=N–C) groups is 1. The first-order valence-electron chi connectivity index (χ1n) is 22.1. The van der Waals surface area contributed by atoms with Gasteiger partial charge >= 0.3 is 12.0 Å². The summed E-state index contributed by atoms with van der Waals surface area (Å²) in [5.41, 5.74) is 18.0. The number of nitrogens with one attached hydrogen (secondary N) is 5. The summed E-state index contributed by atoms with van der Waals surface area (Å²) in [6, 6.07) is 9.55. The molecule has 3 rings (SSSR count). The summed E-state index contributed by atoms with van der Waals surface area (Å²) in [5, 5.41) is 23.2. The molecule has 2 aromatic rings. The topological polar surface area (TPSA) is 314 Å². The molecule has 1 heterocycles. The van der Waals surface area contributed by atoms with Crippen molar-refractivity contribution in [2.45, 2.75) is 121 Å². The number of nitrogens with two attached hydrogens (primary N) is 3. The van der Waals surface area contributed by atoms with Gasteiger partial charge in [-0.25, -0.2) is 9.59 Å². The smallest absolute Gasteiger partial charge is 0.326 e. The molecular formula is C45H67N11O9. The van der Waals surface area contributed by atoms with E-state index in [1.54, 1.807) is 44.2 Å². The zero-order valence-electron chi connectivity index (χ0n) is 37.8. The third-order valence-corrected chi connectivity index (χ3v) is 11.4. The van der Waals surface area contributed by atoms with Gasteiger partial charge < -0.3 is 58.7 Å². The van der Waals surface area contributed by atoms with Gasteiger partial charge in [0.15, 0.2) is 5.96 Å². The quantitative estimate of drug-likeness (QED) is 0.0590. The summed E-state index contributed by atoms with van der Waals surface area (Å²) < 4.78 is 0. The van der Waals surface area contributed by atoms with Crippen LogP contribution in [0.4, 0.5) is 4.79 Å². The minimum absolute atomic E-state index is 0.00345. The number of guanidine groups is 1. The molecule has 65 heavy (non-hydrogen) atoms. The number of primary amides is 1. The first-order valence-corrected chi connectivity index (χ1v) is 22.1. The molecule has 0 saturated carbocycles. The summed E-state index contributed by atoms with van der Waals surface area (Å²) in [7, 11) is 1.34. The third kappa shape index (κ3) is 17.1. The van der Waals surface area contributed by atoms with Crippen LogP contribution in [0.2, 0.25) is 0 Å². The maximum atomic E-state index is 14.9. The molecule has 7 unspecified atom stereocenters. The van der Waals surface area contributed by atoms with Crippen molar-refractivity contribution in [2.75, 3.05) is 26.7 Å². The van der Waals surface area contributed by atoms with E-state index in [-0.39, 0.29) is 64.1 Å². The van der Waals surface area contributed by atoms with Gasteiger partial charge in [0, 0.05) is 33.1 Å². The Morgan fingerprint density at radius 2 is 1.51 bits per heavy atom.